The molecule has 214 valence electrons. The molecule has 2 aromatic rings. The number of carbonyl (C=O) groups excluding carboxylic acids is 3. The number of hydrogen-bond acceptors (Lipinski definition) is 8. The predicted octanol–water partition coefficient (Wildman–Crippen LogP) is 4.66. The monoisotopic (exact) mass is 567 g/mol. The van der Waals surface area contributed by atoms with Crippen molar-refractivity contribution in [2.45, 2.75) is 83.0 Å². The van der Waals surface area contributed by atoms with Crippen molar-refractivity contribution in [2.75, 3.05) is 19.6 Å². The van der Waals surface area contributed by atoms with Gasteiger partial charge in [-0.1, -0.05) is 42.7 Å². The summed E-state index contributed by atoms with van der Waals surface area (Å²) in [6.45, 7) is 6.63. The summed E-state index contributed by atoms with van der Waals surface area (Å²) in [6, 6.07) is 9.03. The van der Waals surface area contributed by atoms with Crippen LogP contribution < -0.4 is 15.4 Å². The average Bonchev–Trinajstić information content (AvgIpc) is 3.40. The second-order valence-corrected chi connectivity index (χ2v) is 12.1. The summed E-state index contributed by atoms with van der Waals surface area (Å²) in [6.07, 6.45) is 4.89. The minimum atomic E-state index is -0.991. The molecule has 1 aromatic heterocycles. The first kappa shape index (κ1) is 29.3. The lowest BCUT2D eigenvalue weighted by Gasteiger charge is -2.36. The van der Waals surface area contributed by atoms with Crippen molar-refractivity contribution in [2.24, 2.45) is 0 Å². The topological polar surface area (TPSA) is 134 Å². The summed E-state index contributed by atoms with van der Waals surface area (Å²) < 4.78 is 11.6. The number of benzene rings is 1. The van der Waals surface area contributed by atoms with Gasteiger partial charge in [0.05, 0.1) is 11.8 Å². The molecule has 10 nitrogen and oxygen atoms in total. The Kier molecular flexibility index (Phi) is 9.30. The molecular formula is C29H37N5O5S. The highest BCUT2D eigenvalue weighted by Gasteiger charge is 2.40. The standard InChI is InChI=1S/C29H37N5O5S/c1-28(2,3)39-27(37)34-17-11-22(12-18-34)38-26-32-23(19-40-26)20-7-9-21(10-8-20)24(35)33-29(13-5-4-6-14-29)25(36)31-16-15-30/h7-10,19,22H,4-6,11-14,16-18H2,1-3H3,(H,31,36)(H,33,35). The first-order valence-electron chi connectivity index (χ1n) is 13.8. The van der Waals surface area contributed by atoms with Crippen molar-refractivity contribution in [1.29, 1.82) is 5.26 Å². The molecule has 1 aliphatic carbocycles. The number of nitriles is 1. The summed E-state index contributed by atoms with van der Waals surface area (Å²) in [7, 11) is 0. The van der Waals surface area contributed by atoms with Crippen LogP contribution in [0.3, 0.4) is 0 Å². The number of rotatable bonds is 7. The maximum atomic E-state index is 13.1. The maximum absolute atomic E-state index is 13.1. The molecule has 2 heterocycles. The summed E-state index contributed by atoms with van der Waals surface area (Å²) in [5.41, 5.74) is 0.537. The quantitative estimate of drug-likeness (QED) is 0.465. The fourth-order valence-corrected chi connectivity index (χ4v) is 5.75. The van der Waals surface area contributed by atoms with E-state index in [4.69, 9.17) is 14.7 Å². The number of aromatic nitrogens is 1. The van der Waals surface area contributed by atoms with Gasteiger partial charge < -0.3 is 25.0 Å². The van der Waals surface area contributed by atoms with Gasteiger partial charge in [-0.25, -0.2) is 9.78 Å². The third kappa shape index (κ3) is 7.50. The largest absolute Gasteiger partial charge is 0.467 e. The van der Waals surface area contributed by atoms with Gasteiger partial charge in [-0.3, -0.25) is 9.59 Å². The van der Waals surface area contributed by atoms with E-state index in [1.165, 1.54) is 11.3 Å². The molecule has 3 amide bonds. The lowest BCUT2D eigenvalue weighted by Crippen LogP contribution is -2.59. The highest BCUT2D eigenvalue weighted by molar-refractivity contribution is 7.11. The number of amides is 3. The van der Waals surface area contributed by atoms with Gasteiger partial charge >= 0.3 is 6.09 Å². The zero-order valence-electron chi connectivity index (χ0n) is 23.3. The average molecular weight is 568 g/mol. The lowest BCUT2D eigenvalue weighted by atomic mass is 9.80. The van der Waals surface area contributed by atoms with Gasteiger partial charge in [0.2, 0.25) is 5.91 Å². The molecule has 0 radical (unpaired) electrons. The summed E-state index contributed by atoms with van der Waals surface area (Å²) in [4.78, 5) is 44.5. The Labute approximate surface area is 239 Å². The smallest absolute Gasteiger partial charge is 0.410 e. The molecule has 1 aliphatic heterocycles. The number of nitrogens with zero attached hydrogens (tertiary/aromatic N) is 3. The van der Waals surface area contributed by atoms with Crippen LogP contribution >= 0.6 is 11.3 Å². The van der Waals surface area contributed by atoms with Crippen molar-refractivity contribution in [3.63, 3.8) is 0 Å². The van der Waals surface area contributed by atoms with Gasteiger partial charge in [-0.05, 0) is 45.7 Å². The summed E-state index contributed by atoms with van der Waals surface area (Å²) >= 11 is 1.41. The maximum Gasteiger partial charge on any atom is 0.410 e. The van der Waals surface area contributed by atoms with E-state index in [0.29, 0.717) is 49.5 Å². The number of thiazole rings is 1. The van der Waals surface area contributed by atoms with Crippen LogP contribution in [0.1, 0.15) is 76.1 Å². The normalized spacial score (nSPS) is 17.4. The van der Waals surface area contributed by atoms with Gasteiger partial charge in [-0.15, -0.1) is 0 Å². The highest BCUT2D eigenvalue weighted by Crippen LogP contribution is 2.31. The highest BCUT2D eigenvalue weighted by atomic mass is 32.1. The number of ether oxygens (including phenoxy) is 2. The van der Waals surface area contributed by atoms with Crippen LogP contribution in [0.15, 0.2) is 29.6 Å². The number of likely N-dealkylation sites (tertiary alicyclic amines) is 1. The van der Waals surface area contributed by atoms with Crippen molar-refractivity contribution in [1.82, 2.24) is 20.5 Å². The molecule has 2 fully saturated rings. The summed E-state index contributed by atoms with van der Waals surface area (Å²) in [5, 5.41) is 16.9. The van der Waals surface area contributed by atoms with Crippen LogP contribution in [0, 0.1) is 11.3 Å². The Morgan fingerprint density at radius 2 is 1.80 bits per heavy atom. The minimum Gasteiger partial charge on any atom is -0.467 e. The number of nitrogens with one attached hydrogen (secondary N) is 2. The predicted molar refractivity (Wildman–Crippen MR) is 151 cm³/mol. The van der Waals surface area contributed by atoms with Crippen LogP contribution in [-0.2, 0) is 9.53 Å². The van der Waals surface area contributed by atoms with E-state index in [9.17, 15) is 14.4 Å². The number of piperidine rings is 1. The molecule has 1 saturated heterocycles. The van der Waals surface area contributed by atoms with Crippen LogP contribution in [0.2, 0.25) is 0 Å². The molecule has 11 heteroatoms. The second kappa shape index (κ2) is 12.7. The van der Waals surface area contributed by atoms with Gasteiger partial charge in [-0.2, -0.15) is 5.26 Å². The first-order valence-corrected chi connectivity index (χ1v) is 14.6. The third-order valence-corrected chi connectivity index (χ3v) is 7.84. The van der Waals surface area contributed by atoms with Crippen LogP contribution in [0.4, 0.5) is 4.79 Å². The molecule has 0 bridgehead atoms. The Hall–Kier alpha value is -3.65. The third-order valence-electron chi connectivity index (χ3n) is 7.11. The molecule has 40 heavy (non-hydrogen) atoms. The molecular weight excluding hydrogens is 530 g/mol. The molecule has 1 saturated carbocycles. The lowest BCUT2D eigenvalue weighted by molar-refractivity contribution is -0.128. The van der Waals surface area contributed by atoms with Crippen LogP contribution in [0.25, 0.3) is 11.3 Å². The second-order valence-electron chi connectivity index (χ2n) is 11.3. The van der Waals surface area contributed by atoms with Gasteiger partial charge in [0.1, 0.15) is 23.8 Å². The number of hydrogen-bond donors (Lipinski definition) is 2. The fraction of sp³-hybridized carbons (Fsp3) is 0.552. The minimum absolute atomic E-state index is 0.0266. The molecule has 2 N–H and O–H groups in total. The van der Waals surface area contributed by atoms with Crippen molar-refractivity contribution >= 4 is 29.2 Å². The van der Waals surface area contributed by atoms with E-state index in [1.807, 2.05) is 44.4 Å². The first-order chi connectivity index (χ1) is 19.1. The Morgan fingerprint density at radius 1 is 1.12 bits per heavy atom. The van der Waals surface area contributed by atoms with Crippen molar-refractivity contribution < 1.29 is 23.9 Å². The summed E-state index contributed by atoms with van der Waals surface area (Å²) in [5.74, 6) is -0.621. The Morgan fingerprint density at radius 3 is 2.42 bits per heavy atom. The van der Waals surface area contributed by atoms with Gasteiger partial charge in [0.15, 0.2) is 0 Å². The van der Waals surface area contributed by atoms with E-state index in [2.05, 4.69) is 15.6 Å². The van der Waals surface area contributed by atoms with Crippen molar-refractivity contribution in [3.8, 4) is 22.5 Å². The molecule has 1 aromatic carbocycles. The SMILES string of the molecule is CC(C)(C)OC(=O)N1CCC(Oc2nc(-c3ccc(C(=O)NC4(C(=O)NCC#N)CCCCC4)cc3)cs2)CC1. The molecule has 2 aliphatic rings. The Balaban J connectivity index is 1.32. The van der Waals surface area contributed by atoms with E-state index in [1.54, 1.807) is 17.0 Å². The fourth-order valence-electron chi connectivity index (χ4n) is 5.00. The van der Waals surface area contributed by atoms with Crippen molar-refractivity contribution in [3.05, 3.63) is 35.2 Å². The van der Waals surface area contributed by atoms with E-state index < -0.39 is 11.1 Å². The zero-order valence-corrected chi connectivity index (χ0v) is 24.1. The number of carbonyl (C=O) groups is 3. The molecule has 0 spiro atoms. The van der Waals surface area contributed by atoms with E-state index in [-0.39, 0.29) is 30.6 Å². The zero-order chi connectivity index (χ0) is 28.8. The van der Waals surface area contributed by atoms with Gasteiger partial charge in [0, 0.05) is 42.4 Å². The van der Waals surface area contributed by atoms with Crippen LogP contribution in [-0.4, -0.2) is 64.7 Å². The Bertz CT molecular complexity index is 1230. The molecule has 0 atom stereocenters. The van der Waals surface area contributed by atoms with E-state index in [0.717, 1.165) is 30.5 Å². The van der Waals surface area contributed by atoms with E-state index >= 15 is 0 Å². The molecule has 4 rings (SSSR count). The van der Waals surface area contributed by atoms with Crippen LogP contribution in [0.5, 0.6) is 5.19 Å². The molecule has 0 unspecified atom stereocenters. The van der Waals surface area contributed by atoms with Gasteiger partial charge in [0.25, 0.3) is 11.1 Å².